The highest BCUT2D eigenvalue weighted by molar-refractivity contribution is 8.00. The van der Waals surface area contributed by atoms with Gasteiger partial charge in [0.25, 0.3) is 0 Å². The second-order valence-corrected chi connectivity index (χ2v) is 6.98. The molecule has 1 aromatic carbocycles. The summed E-state index contributed by atoms with van der Waals surface area (Å²) in [5, 5.41) is 4.50. The maximum Gasteiger partial charge on any atom is 0.225 e. The molecule has 0 aliphatic rings. The summed E-state index contributed by atoms with van der Waals surface area (Å²) < 4.78 is 3.24. The summed E-state index contributed by atoms with van der Waals surface area (Å²) in [6, 6.07) is 9.75. The topological polar surface area (TPSA) is 109 Å². The Morgan fingerprint density at radius 2 is 1.77 bits per heavy atom. The SMILES string of the molecule is Nc1nc(N)nc(CSc2nn(-c3ccccc3)c(=S)s2)n1. The van der Waals surface area contributed by atoms with E-state index in [1.165, 1.54) is 23.1 Å². The number of aromatic nitrogens is 5. The molecule has 0 fully saturated rings. The Hall–Kier alpha value is -2.04. The van der Waals surface area contributed by atoms with Crippen molar-refractivity contribution in [3.63, 3.8) is 0 Å². The van der Waals surface area contributed by atoms with Gasteiger partial charge in [0.15, 0.2) is 8.29 Å². The molecule has 0 saturated carbocycles. The van der Waals surface area contributed by atoms with E-state index < -0.39 is 0 Å². The van der Waals surface area contributed by atoms with Gasteiger partial charge >= 0.3 is 0 Å². The highest BCUT2D eigenvalue weighted by Gasteiger charge is 2.08. The summed E-state index contributed by atoms with van der Waals surface area (Å²) >= 11 is 8.26. The summed E-state index contributed by atoms with van der Waals surface area (Å²) in [6.45, 7) is 0. The fraction of sp³-hybridized carbons (Fsp3) is 0.0833. The van der Waals surface area contributed by atoms with Crippen LogP contribution in [-0.4, -0.2) is 24.7 Å². The Morgan fingerprint density at radius 1 is 1.09 bits per heavy atom. The molecule has 7 nitrogen and oxygen atoms in total. The van der Waals surface area contributed by atoms with Crippen molar-refractivity contribution < 1.29 is 0 Å². The molecule has 0 atom stereocenters. The lowest BCUT2D eigenvalue weighted by Gasteiger charge is -2.00. The fourth-order valence-electron chi connectivity index (χ4n) is 1.70. The molecule has 2 aromatic heterocycles. The Balaban J connectivity index is 1.78. The molecule has 0 amide bonds. The molecular formula is C12H11N7S3. The summed E-state index contributed by atoms with van der Waals surface area (Å²) in [5.41, 5.74) is 12.0. The zero-order valence-corrected chi connectivity index (χ0v) is 13.7. The molecule has 22 heavy (non-hydrogen) atoms. The van der Waals surface area contributed by atoms with Gasteiger partial charge in [-0.1, -0.05) is 41.3 Å². The van der Waals surface area contributed by atoms with Crippen molar-refractivity contribution in [2.45, 2.75) is 10.1 Å². The number of hydrogen-bond donors (Lipinski definition) is 2. The molecule has 0 bridgehead atoms. The number of nitrogen functional groups attached to an aromatic ring is 2. The summed E-state index contributed by atoms with van der Waals surface area (Å²) in [5.74, 6) is 1.24. The lowest BCUT2D eigenvalue weighted by Crippen LogP contribution is -2.05. The quantitative estimate of drug-likeness (QED) is 0.545. The molecule has 0 radical (unpaired) electrons. The molecule has 112 valence electrons. The molecular weight excluding hydrogens is 338 g/mol. The number of benzene rings is 1. The molecule has 2 heterocycles. The van der Waals surface area contributed by atoms with Gasteiger partial charge in [0.1, 0.15) is 5.82 Å². The third-order valence-electron chi connectivity index (χ3n) is 2.57. The van der Waals surface area contributed by atoms with Crippen LogP contribution in [0.3, 0.4) is 0 Å². The van der Waals surface area contributed by atoms with Crippen LogP contribution in [0.1, 0.15) is 5.82 Å². The first-order valence-corrected chi connectivity index (χ1v) is 8.37. The predicted molar refractivity (Wildman–Crippen MR) is 90.5 cm³/mol. The van der Waals surface area contributed by atoms with Gasteiger partial charge in [-0.05, 0) is 24.4 Å². The van der Waals surface area contributed by atoms with Crippen LogP contribution in [-0.2, 0) is 5.75 Å². The van der Waals surface area contributed by atoms with E-state index in [-0.39, 0.29) is 11.9 Å². The van der Waals surface area contributed by atoms with Crippen molar-refractivity contribution in [2.24, 2.45) is 0 Å². The molecule has 4 N–H and O–H groups in total. The number of thioether (sulfide) groups is 1. The van der Waals surface area contributed by atoms with E-state index in [9.17, 15) is 0 Å². The monoisotopic (exact) mass is 349 g/mol. The molecule has 0 saturated heterocycles. The van der Waals surface area contributed by atoms with E-state index in [1.807, 2.05) is 30.3 Å². The minimum Gasteiger partial charge on any atom is -0.368 e. The summed E-state index contributed by atoms with van der Waals surface area (Å²) in [4.78, 5) is 11.8. The maximum atomic E-state index is 5.55. The lowest BCUT2D eigenvalue weighted by molar-refractivity contribution is 0.829. The van der Waals surface area contributed by atoms with Gasteiger partial charge in [-0.3, -0.25) is 0 Å². The molecule has 3 aromatic rings. The number of nitrogens with zero attached hydrogens (tertiary/aromatic N) is 5. The lowest BCUT2D eigenvalue weighted by atomic mass is 10.3. The predicted octanol–water partition coefficient (Wildman–Crippen LogP) is 2.30. The Kier molecular flexibility index (Phi) is 4.32. The number of anilines is 2. The first kappa shape index (κ1) is 14.9. The van der Waals surface area contributed by atoms with E-state index in [1.54, 1.807) is 4.68 Å². The van der Waals surface area contributed by atoms with Crippen LogP contribution in [0.5, 0.6) is 0 Å². The Morgan fingerprint density at radius 3 is 2.45 bits per heavy atom. The largest absolute Gasteiger partial charge is 0.368 e. The molecule has 3 rings (SSSR count). The van der Waals surface area contributed by atoms with E-state index in [4.69, 9.17) is 23.7 Å². The van der Waals surface area contributed by atoms with Crippen LogP contribution in [0.25, 0.3) is 5.69 Å². The standard InChI is InChI=1S/C12H11N7S3/c13-9-15-8(16-10(14)17-9)6-21-11-18-19(12(20)22-11)7-4-2-1-3-5-7/h1-5H,6H2,(H4,13,14,15,16,17). The van der Waals surface area contributed by atoms with Crippen LogP contribution >= 0.6 is 35.3 Å². The fourth-order valence-corrected chi connectivity index (χ4v) is 3.92. The van der Waals surface area contributed by atoms with Crippen molar-refractivity contribution >= 4 is 47.2 Å². The molecule has 0 aliphatic heterocycles. The smallest absolute Gasteiger partial charge is 0.225 e. The van der Waals surface area contributed by atoms with Crippen LogP contribution in [0.4, 0.5) is 11.9 Å². The van der Waals surface area contributed by atoms with Gasteiger partial charge in [0.05, 0.1) is 11.4 Å². The minimum atomic E-state index is 0.116. The van der Waals surface area contributed by atoms with Crippen LogP contribution in [0.2, 0.25) is 0 Å². The van der Waals surface area contributed by atoms with E-state index in [0.717, 1.165) is 10.0 Å². The first-order chi connectivity index (χ1) is 10.6. The minimum absolute atomic E-state index is 0.116. The zero-order valence-electron chi connectivity index (χ0n) is 11.2. The normalized spacial score (nSPS) is 10.7. The highest BCUT2D eigenvalue weighted by atomic mass is 32.2. The van der Waals surface area contributed by atoms with Crippen molar-refractivity contribution in [2.75, 3.05) is 11.5 Å². The number of nitrogens with two attached hydrogens (primary N) is 2. The second-order valence-electron chi connectivity index (χ2n) is 4.14. The summed E-state index contributed by atoms with van der Waals surface area (Å²) in [6.07, 6.45) is 0. The zero-order chi connectivity index (χ0) is 15.5. The number of rotatable bonds is 4. The molecule has 0 spiro atoms. The average molecular weight is 349 g/mol. The van der Waals surface area contributed by atoms with Crippen LogP contribution < -0.4 is 11.5 Å². The molecule has 10 heteroatoms. The van der Waals surface area contributed by atoms with Crippen molar-refractivity contribution in [3.05, 3.63) is 40.1 Å². The van der Waals surface area contributed by atoms with Gasteiger partial charge in [0.2, 0.25) is 11.9 Å². The molecule has 0 unspecified atom stereocenters. The molecule has 0 aliphatic carbocycles. The van der Waals surface area contributed by atoms with Gasteiger partial charge in [-0.15, -0.1) is 5.10 Å². The van der Waals surface area contributed by atoms with Crippen molar-refractivity contribution in [1.29, 1.82) is 0 Å². The third kappa shape index (κ3) is 3.40. The highest BCUT2D eigenvalue weighted by Crippen LogP contribution is 2.26. The van der Waals surface area contributed by atoms with Crippen molar-refractivity contribution in [1.82, 2.24) is 24.7 Å². The van der Waals surface area contributed by atoms with Gasteiger partial charge in [-0.25, -0.2) is 4.68 Å². The van der Waals surface area contributed by atoms with E-state index >= 15 is 0 Å². The van der Waals surface area contributed by atoms with Crippen molar-refractivity contribution in [3.8, 4) is 5.69 Å². The average Bonchev–Trinajstić information content (AvgIpc) is 2.86. The van der Waals surface area contributed by atoms with Gasteiger partial charge < -0.3 is 11.5 Å². The Bertz CT molecular complexity index is 823. The summed E-state index contributed by atoms with van der Waals surface area (Å²) in [7, 11) is 0. The second kappa shape index (κ2) is 6.38. The number of hydrogen-bond acceptors (Lipinski definition) is 9. The van der Waals surface area contributed by atoms with Gasteiger partial charge in [-0.2, -0.15) is 15.0 Å². The van der Waals surface area contributed by atoms with E-state index in [2.05, 4.69) is 20.1 Å². The third-order valence-corrected chi connectivity index (χ3v) is 4.93. The first-order valence-electron chi connectivity index (χ1n) is 6.16. The Labute approximate surface area is 139 Å². The van der Waals surface area contributed by atoms with Gasteiger partial charge in [0, 0.05) is 0 Å². The van der Waals surface area contributed by atoms with Crippen LogP contribution in [0.15, 0.2) is 34.7 Å². The maximum absolute atomic E-state index is 5.55. The van der Waals surface area contributed by atoms with E-state index in [0.29, 0.717) is 15.5 Å². The number of para-hydroxylation sites is 1. The van der Waals surface area contributed by atoms with Crippen LogP contribution in [0, 0.1) is 3.95 Å².